The molecule has 0 aliphatic heterocycles. The molecule has 1 aromatic rings. The van der Waals surface area contributed by atoms with E-state index in [1.165, 1.54) is 0 Å². The molecule has 1 amide bonds. The van der Waals surface area contributed by atoms with Crippen LogP contribution in [0.15, 0.2) is 30.3 Å². The molecule has 1 atom stereocenters. The summed E-state index contributed by atoms with van der Waals surface area (Å²) < 4.78 is 10.5. The SMILES string of the molecule is CC(C)[C@H](NCCNC(=O)OCc1ccccc1)C(=O)OC(C)(C)C. The van der Waals surface area contributed by atoms with Crippen LogP contribution in [0, 0.1) is 5.92 Å². The van der Waals surface area contributed by atoms with Gasteiger partial charge in [-0.1, -0.05) is 44.2 Å². The molecule has 6 nitrogen and oxygen atoms in total. The molecular formula is C19H30N2O4. The van der Waals surface area contributed by atoms with E-state index >= 15 is 0 Å². The van der Waals surface area contributed by atoms with Crippen molar-refractivity contribution in [3.05, 3.63) is 35.9 Å². The predicted octanol–water partition coefficient (Wildman–Crippen LogP) is 2.87. The highest BCUT2D eigenvalue weighted by atomic mass is 16.6. The monoisotopic (exact) mass is 350 g/mol. The van der Waals surface area contributed by atoms with Crippen LogP contribution in [-0.2, 0) is 20.9 Å². The Morgan fingerprint density at radius 2 is 1.72 bits per heavy atom. The molecule has 0 aliphatic rings. The summed E-state index contributed by atoms with van der Waals surface area (Å²) in [6, 6.07) is 9.06. The normalized spacial score (nSPS) is 12.6. The van der Waals surface area contributed by atoms with E-state index in [1.807, 2.05) is 65.0 Å². The van der Waals surface area contributed by atoms with Crippen molar-refractivity contribution in [2.24, 2.45) is 5.92 Å². The van der Waals surface area contributed by atoms with Gasteiger partial charge in [0.1, 0.15) is 18.2 Å². The van der Waals surface area contributed by atoms with Crippen molar-refractivity contribution < 1.29 is 19.1 Å². The number of carbonyl (C=O) groups is 2. The first-order valence-corrected chi connectivity index (χ1v) is 8.60. The standard InChI is InChI=1S/C19H30N2O4/c1-14(2)16(17(22)25-19(3,4)5)20-11-12-21-18(23)24-13-15-9-7-6-8-10-15/h6-10,14,16,20H,11-13H2,1-5H3,(H,21,23)/t16-/m0/s1. The van der Waals surface area contributed by atoms with Crippen molar-refractivity contribution in [2.75, 3.05) is 13.1 Å². The Kier molecular flexibility index (Phi) is 8.41. The molecule has 6 heteroatoms. The summed E-state index contributed by atoms with van der Waals surface area (Å²) in [7, 11) is 0. The maximum Gasteiger partial charge on any atom is 0.407 e. The van der Waals surface area contributed by atoms with E-state index in [1.54, 1.807) is 0 Å². The minimum Gasteiger partial charge on any atom is -0.459 e. The Morgan fingerprint density at radius 3 is 2.28 bits per heavy atom. The minimum atomic E-state index is -0.522. The number of benzene rings is 1. The van der Waals surface area contributed by atoms with Crippen molar-refractivity contribution in [1.29, 1.82) is 0 Å². The lowest BCUT2D eigenvalue weighted by Crippen LogP contribution is -2.47. The van der Waals surface area contributed by atoms with Crippen LogP contribution in [0.3, 0.4) is 0 Å². The molecule has 0 saturated heterocycles. The zero-order chi connectivity index (χ0) is 18.9. The molecule has 140 valence electrons. The number of alkyl carbamates (subject to hydrolysis) is 1. The smallest absolute Gasteiger partial charge is 0.407 e. The van der Waals surface area contributed by atoms with Crippen LogP contribution in [0.4, 0.5) is 4.79 Å². The van der Waals surface area contributed by atoms with Gasteiger partial charge in [-0.05, 0) is 32.3 Å². The van der Waals surface area contributed by atoms with E-state index in [0.717, 1.165) is 5.56 Å². The molecule has 25 heavy (non-hydrogen) atoms. The van der Waals surface area contributed by atoms with Gasteiger partial charge in [0.2, 0.25) is 0 Å². The van der Waals surface area contributed by atoms with Gasteiger partial charge < -0.3 is 20.1 Å². The molecule has 1 aromatic carbocycles. The highest BCUT2D eigenvalue weighted by molar-refractivity contribution is 5.76. The lowest BCUT2D eigenvalue weighted by atomic mass is 10.0. The first-order chi connectivity index (χ1) is 11.7. The van der Waals surface area contributed by atoms with Gasteiger partial charge in [-0.2, -0.15) is 0 Å². The fourth-order valence-electron chi connectivity index (χ4n) is 2.12. The Hall–Kier alpha value is -2.08. The van der Waals surface area contributed by atoms with Crippen LogP contribution in [0.1, 0.15) is 40.2 Å². The number of carbonyl (C=O) groups excluding carboxylic acids is 2. The van der Waals surface area contributed by atoms with Crippen LogP contribution in [0.25, 0.3) is 0 Å². The molecule has 0 unspecified atom stereocenters. The van der Waals surface area contributed by atoms with Gasteiger partial charge in [0.25, 0.3) is 0 Å². The van der Waals surface area contributed by atoms with Crippen molar-refractivity contribution in [2.45, 2.75) is 52.9 Å². The van der Waals surface area contributed by atoms with Crippen LogP contribution in [0.5, 0.6) is 0 Å². The van der Waals surface area contributed by atoms with Gasteiger partial charge in [0.05, 0.1) is 0 Å². The van der Waals surface area contributed by atoms with Crippen molar-refractivity contribution in [1.82, 2.24) is 10.6 Å². The number of hydrogen-bond donors (Lipinski definition) is 2. The summed E-state index contributed by atoms with van der Waals surface area (Å²) in [5.41, 5.74) is 0.409. The third-order valence-corrected chi connectivity index (χ3v) is 3.30. The highest BCUT2D eigenvalue weighted by Crippen LogP contribution is 2.12. The van der Waals surface area contributed by atoms with Crippen LogP contribution >= 0.6 is 0 Å². The first kappa shape index (κ1) is 21.0. The van der Waals surface area contributed by atoms with Gasteiger partial charge in [0, 0.05) is 13.1 Å². The number of ether oxygens (including phenoxy) is 2. The summed E-state index contributed by atoms with van der Waals surface area (Å²) in [4.78, 5) is 23.9. The molecule has 0 fully saturated rings. The lowest BCUT2D eigenvalue weighted by Gasteiger charge is -2.26. The molecule has 0 aliphatic carbocycles. The maximum atomic E-state index is 12.2. The van der Waals surface area contributed by atoms with Crippen LogP contribution in [-0.4, -0.2) is 36.8 Å². The summed E-state index contributed by atoms with van der Waals surface area (Å²) in [5.74, 6) is -0.200. The number of amides is 1. The molecule has 0 saturated carbocycles. The second-order valence-electron chi connectivity index (χ2n) is 7.20. The van der Waals surface area contributed by atoms with Gasteiger partial charge in [-0.3, -0.25) is 4.79 Å². The van der Waals surface area contributed by atoms with E-state index in [0.29, 0.717) is 13.1 Å². The average molecular weight is 350 g/mol. The Bertz CT molecular complexity index is 538. The predicted molar refractivity (Wildman–Crippen MR) is 97.1 cm³/mol. The molecule has 0 aromatic heterocycles. The quantitative estimate of drug-likeness (QED) is 0.557. The summed E-state index contributed by atoms with van der Waals surface area (Å²) in [5, 5.41) is 5.78. The summed E-state index contributed by atoms with van der Waals surface area (Å²) >= 11 is 0. The third-order valence-electron chi connectivity index (χ3n) is 3.30. The zero-order valence-electron chi connectivity index (χ0n) is 15.8. The fraction of sp³-hybridized carbons (Fsp3) is 0.579. The van der Waals surface area contributed by atoms with Gasteiger partial charge >= 0.3 is 12.1 Å². The minimum absolute atomic E-state index is 0.0832. The fourth-order valence-corrected chi connectivity index (χ4v) is 2.12. The second-order valence-corrected chi connectivity index (χ2v) is 7.20. The molecule has 2 N–H and O–H groups in total. The molecular weight excluding hydrogens is 320 g/mol. The number of nitrogens with one attached hydrogen (secondary N) is 2. The van der Waals surface area contributed by atoms with E-state index in [4.69, 9.17) is 9.47 Å². The summed E-state index contributed by atoms with van der Waals surface area (Å²) in [6.45, 7) is 10.5. The number of esters is 1. The molecule has 0 bridgehead atoms. The van der Waals surface area contributed by atoms with Gasteiger partial charge in [-0.15, -0.1) is 0 Å². The largest absolute Gasteiger partial charge is 0.459 e. The topological polar surface area (TPSA) is 76.7 Å². The zero-order valence-corrected chi connectivity index (χ0v) is 15.8. The van der Waals surface area contributed by atoms with E-state index in [2.05, 4.69) is 10.6 Å². The average Bonchev–Trinajstić information content (AvgIpc) is 2.51. The Balaban J connectivity index is 2.29. The molecule has 0 radical (unpaired) electrons. The molecule has 0 heterocycles. The van der Waals surface area contributed by atoms with Gasteiger partial charge in [0.15, 0.2) is 0 Å². The first-order valence-electron chi connectivity index (χ1n) is 8.60. The number of rotatable bonds is 8. The van der Waals surface area contributed by atoms with E-state index in [-0.39, 0.29) is 18.5 Å². The molecule has 1 rings (SSSR count). The van der Waals surface area contributed by atoms with E-state index in [9.17, 15) is 9.59 Å². The Labute approximate surface area is 150 Å². The van der Waals surface area contributed by atoms with E-state index < -0.39 is 17.7 Å². The summed E-state index contributed by atoms with van der Waals surface area (Å²) in [6.07, 6.45) is -0.482. The molecule has 0 spiro atoms. The Morgan fingerprint density at radius 1 is 1.08 bits per heavy atom. The van der Waals surface area contributed by atoms with Gasteiger partial charge in [-0.25, -0.2) is 4.79 Å². The third kappa shape index (κ3) is 9.10. The lowest BCUT2D eigenvalue weighted by molar-refractivity contribution is -0.158. The van der Waals surface area contributed by atoms with Crippen molar-refractivity contribution >= 4 is 12.1 Å². The highest BCUT2D eigenvalue weighted by Gasteiger charge is 2.27. The van der Waals surface area contributed by atoms with Crippen LogP contribution < -0.4 is 10.6 Å². The maximum absolute atomic E-state index is 12.2. The van der Waals surface area contributed by atoms with Crippen LogP contribution in [0.2, 0.25) is 0 Å². The van der Waals surface area contributed by atoms with Crippen molar-refractivity contribution in [3.63, 3.8) is 0 Å². The number of hydrogen-bond acceptors (Lipinski definition) is 5. The van der Waals surface area contributed by atoms with Crippen molar-refractivity contribution in [3.8, 4) is 0 Å². The second kappa shape index (κ2) is 10.0.